The van der Waals surface area contributed by atoms with Gasteiger partial charge in [-0.15, -0.1) is 0 Å². The molecule has 6 nitrogen and oxygen atoms in total. The second-order valence-corrected chi connectivity index (χ2v) is 10.5. The monoisotopic (exact) mass is 440 g/mol. The Kier molecular flexibility index (Phi) is 5.90. The predicted octanol–water partition coefficient (Wildman–Crippen LogP) is 4.65. The molecule has 164 valence electrons. The summed E-state index contributed by atoms with van der Waals surface area (Å²) >= 11 is 0. The van der Waals surface area contributed by atoms with E-state index in [-0.39, 0.29) is 17.2 Å². The Morgan fingerprint density at radius 1 is 1.19 bits per heavy atom. The number of fused-ring (bicyclic) bond motifs is 1. The third-order valence-electron chi connectivity index (χ3n) is 5.84. The Morgan fingerprint density at radius 3 is 2.65 bits per heavy atom. The second-order valence-electron chi connectivity index (χ2n) is 8.58. The lowest BCUT2D eigenvalue weighted by molar-refractivity contribution is -0.115. The molecule has 1 N–H and O–H groups in total. The van der Waals surface area contributed by atoms with Crippen molar-refractivity contribution in [1.29, 1.82) is 0 Å². The molecule has 0 unspecified atom stereocenters. The molecule has 2 heterocycles. The Labute approximate surface area is 183 Å². The second kappa shape index (κ2) is 8.48. The molecule has 4 rings (SSSR count). The number of hydrogen-bond acceptors (Lipinski definition) is 4. The van der Waals surface area contributed by atoms with Gasteiger partial charge in [0.1, 0.15) is 5.58 Å². The molecule has 31 heavy (non-hydrogen) atoms. The Bertz CT molecular complexity index is 1210. The Balaban J connectivity index is 1.45. The van der Waals surface area contributed by atoms with E-state index in [1.54, 1.807) is 34.8 Å². The van der Waals surface area contributed by atoms with Gasteiger partial charge in [-0.3, -0.25) is 4.79 Å². The molecule has 1 aliphatic heterocycles. The molecule has 2 aromatic carbocycles. The summed E-state index contributed by atoms with van der Waals surface area (Å²) < 4.78 is 33.0. The summed E-state index contributed by atoms with van der Waals surface area (Å²) in [4.78, 5) is 12.8. The molecule has 1 fully saturated rings. The zero-order valence-electron chi connectivity index (χ0n) is 18.1. The van der Waals surface area contributed by atoms with Crippen LogP contribution >= 0.6 is 0 Å². The van der Waals surface area contributed by atoms with Crippen molar-refractivity contribution in [2.75, 3.05) is 18.4 Å². The van der Waals surface area contributed by atoms with Crippen LogP contribution in [0, 0.1) is 19.8 Å². The summed E-state index contributed by atoms with van der Waals surface area (Å²) in [5.41, 5.74) is 4.37. The van der Waals surface area contributed by atoms with Crippen molar-refractivity contribution in [3.8, 4) is 0 Å². The third kappa shape index (κ3) is 4.52. The van der Waals surface area contributed by atoms with Gasteiger partial charge < -0.3 is 9.73 Å². The van der Waals surface area contributed by atoms with Crippen LogP contribution in [0.5, 0.6) is 0 Å². The van der Waals surface area contributed by atoms with E-state index in [4.69, 9.17) is 4.42 Å². The molecule has 1 aromatic heterocycles. The van der Waals surface area contributed by atoms with Crippen molar-refractivity contribution >= 4 is 32.6 Å². The normalized spacial score (nSPS) is 17.7. The van der Waals surface area contributed by atoms with Crippen molar-refractivity contribution < 1.29 is 17.6 Å². The van der Waals surface area contributed by atoms with E-state index >= 15 is 0 Å². The molecule has 1 atom stereocenters. The van der Waals surface area contributed by atoms with Crippen LogP contribution in [0.3, 0.4) is 0 Å². The van der Waals surface area contributed by atoms with Gasteiger partial charge in [0.05, 0.1) is 17.6 Å². The number of carbonyl (C=O) groups excluding carboxylic acids is 1. The molecule has 1 aliphatic rings. The first-order valence-corrected chi connectivity index (χ1v) is 12.1. The van der Waals surface area contributed by atoms with E-state index in [1.165, 1.54) is 0 Å². The number of nitrogens with zero attached hydrogens (tertiary/aromatic N) is 1. The van der Waals surface area contributed by atoms with Crippen molar-refractivity contribution in [2.24, 2.45) is 5.92 Å². The molecule has 1 amide bonds. The van der Waals surface area contributed by atoms with Crippen LogP contribution in [-0.2, 0) is 21.2 Å². The average Bonchev–Trinajstić information content (AvgIpc) is 3.11. The fourth-order valence-corrected chi connectivity index (χ4v) is 5.96. The molecule has 0 aliphatic carbocycles. The maximum atomic E-state index is 12.9. The lowest BCUT2D eigenvalue weighted by Gasteiger charge is -2.30. The minimum Gasteiger partial charge on any atom is -0.464 e. The van der Waals surface area contributed by atoms with Gasteiger partial charge in [-0.05, 0) is 74.1 Å². The van der Waals surface area contributed by atoms with Gasteiger partial charge in [-0.25, -0.2) is 8.42 Å². The number of aryl methyl sites for hydroxylation is 2. The molecule has 7 heteroatoms. The van der Waals surface area contributed by atoms with E-state index in [9.17, 15) is 13.2 Å². The summed E-state index contributed by atoms with van der Waals surface area (Å²) in [6, 6.07) is 10.4. The van der Waals surface area contributed by atoms with Crippen LogP contribution < -0.4 is 5.32 Å². The van der Waals surface area contributed by atoms with Gasteiger partial charge in [0.15, 0.2) is 0 Å². The summed E-state index contributed by atoms with van der Waals surface area (Å²) in [6.07, 6.45) is 3.76. The van der Waals surface area contributed by atoms with Crippen LogP contribution in [-0.4, -0.2) is 31.7 Å². The smallest absolute Gasteiger partial charge is 0.243 e. The van der Waals surface area contributed by atoms with Crippen molar-refractivity contribution in [3.05, 3.63) is 59.4 Å². The van der Waals surface area contributed by atoms with E-state index in [0.29, 0.717) is 24.7 Å². The number of hydrogen-bond donors (Lipinski definition) is 1. The van der Waals surface area contributed by atoms with Crippen molar-refractivity contribution in [3.63, 3.8) is 0 Å². The van der Waals surface area contributed by atoms with E-state index in [2.05, 4.69) is 18.3 Å². The van der Waals surface area contributed by atoms with Crippen LogP contribution in [0.25, 0.3) is 11.0 Å². The first-order chi connectivity index (χ1) is 14.7. The first-order valence-electron chi connectivity index (χ1n) is 10.6. The molecular formula is C24H28N2O4S. The van der Waals surface area contributed by atoms with E-state index < -0.39 is 10.0 Å². The lowest BCUT2D eigenvalue weighted by Crippen LogP contribution is -2.39. The van der Waals surface area contributed by atoms with Crippen LogP contribution in [0.2, 0.25) is 0 Å². The number of benzene rings is 2. The number of rotatable bonds is 5. The Morgan fingerprint density at radius 2 is 1.94 bits per heavy atom. The molecule has 0 saturated carbocycles. The zero-order chi connectivity index (χ0) is 22.2. The van der Waals surface area contributed by atoms with Crippen molar-refractivity contribution in [2.45, 2.75) is 44.9 Å². The topological polar surface area (TPSA) is 79.6 Å². The third-order valence-corrected chi connectivity index (χ3v) is 7.72. The fraction of sp³-hybridized carbons (Fsp3) is 0.375. The minimum atomic E-state index is -3.51. The maximum Gasteiger partial charge on any atom is 0.243 e. The number of carbonyl (C=O) groups is 1. The standard InChI is InChI=1S/C24H28N2O4S/c1-16-5-4-10-26(14-16)31(28,29)21-8-6-20(7-9-21)25-23(27)13-19-15-30-22-12-17(2)11-18(3)24(19)22/h6-9,11-12,15-16H,4-5,10,13-14H2,1-3H3,(H,25,27)/t16-/m1/s1. The SMILES string of the molecule is Cc1cc(C)c2c(CC(=O)Nc3ccc(S(=O)(=O)N4CCC[C@@H](C)C4)cc3)coc2c1. The van der Waals surface area contributed by atoms with Gasteiger partial charge in [0.25, 0.3) is 0 Å². The quantitative estimate of drug-likeness (QED) is 0.626. The van der Waals surface area contributed by atoms with E-state index in [0.717, 1.165) is 40.5 Å². The largest absolute Gasteiger partial charge is 0.464 e. The van der Waals surface area contributed by atoms with Gasteiger partial charge in [-0.2, -0.15) is 4.31 Å². The molecule has 0 bridgehead atoms. The highest BCUT2D eigenvalue weighted by atomic mass is 32.2. The highest BCUT2D eigenvalue weighted by molar-refractivity contribution is 7.89. The molecule has 3 aromatic rings. The van der Waals surface area contributed by atoms with Crippen molar-refractivity contribution in [1.82, 2.24) is 4.31 Å². The number of anilines is 1. The van der Waals surface area contributed by atoms with Crippen LogP contribution in [0.15, 0.2) is 52.0 Å². The molecule has 0 spiro atoms. The van der Waals surface area contributed by atoms with Crippen LogP contribution in [0.1, 0.15) is 36.5 Å². The number of piperidine rings is 1. The van der Waals surface area contributed by atoms with Gasteiger partial charge in [0.2, 0.25) is 15.9 Å². The predicted molar refractivity (Wildman–Crippen MR) is 122 cm³/mol. The first kappa shape index (κ1) is 21.6. The van der Waals surface area contributed by atoms with Crippen LogP contribution in [0.4, 0.5) is 5.69 Å². The molecular weight excluding hydrogens is 412 g/mol. The number of nitrogens with one attached hydrogen (secondary N) is 1. The van der Waals surface area contributed by atoms with E-state index in [1.807, 2.05) is 19.9 Å². The number of furan rings is 1. The summed E-state index contributed by atoms with van der Waals surface area (Å²) in [5, 5.41) is 3.82. The fourth-order valence-electron chi connectivity index (χ4n) is 4.36. The summed E-state index contributed by atoms with van der Waals surface area (Å²) in [5.74, 6) is 0.191. The highest BCUT2D eigenvalue weighted by Gasteiger charge is 2.28. The summed E-state index contributed by atoms with van der Waals surface area (Å²) in [6.45, 7) is 7.21. The maximum absolute atomic E-state index is 12.9. The highest BCUT2D eigenvalue weighted by Crippen LogP contribution is 2.27. The molecule has 1 saturated heterocycles. The van der Waals surface area contributed by atoms with Gasteiger partial charge >= 0.3 is 0 Å². The van der Waals surface area contributed by atoms with Gasteiger partial charge in [-0.1, -0.05) is 13.0 Å². The molecule has 0 radical (unpaired) electrons. The Hall–Kier alpha value is -2.64. The minimum absolute atomic E-state index is 0.178. The number of amides is 1. The van der Waals surface area contributed by atoms with Gasteiger partial charge in [0, 0.05) is 29.7 Å². The lowest BCUT2D eigenvalue weighted by atomic mass is 10.0. The zero-order valence-corrected chi connectivity index (χ0v) is 19.0. The summed E-state index contributed by atoms with van der Waals surface area (Å²) in [7, 11) is -3.51. The average molecular weight is 441 g/mol. The number of sulfonamides is 1.